The summed E-state index contributed by atoms with van der Waals surface area (Å²) in [5.74, 6) is 0.883. The van der Waals surface area contributed by atoms with E-state index in [2.05, 4.69) is 11.8 Å². The van der Waals surface area contributed by atoms with Gasteiger partial charge in [-0.2, -0.15) is 0 Å². The molecule has 0 radical (unpaired) electrons. The van der Waals surface area contributed by atoms with Crippen LogP contribution >= 0.6 is 0 Å². The summed E-state index contributed by atoms with van der Waals surface area (Å²) in [6, 6.07) is 4.08. The number of methoxy groups -OCH3 is 2. The predicted octanol–water partition coefficient (Wildman–Crippen LogP) is 1.65. The lowest BCUT2D eigenvalue weighted by molar-refractivity contribution is 0.0332. The largest absolute Gasteiger partial charge is 0.468 e. The van der Waals surface area contributed by atoms with Crippen molar-refractivity contribution in [1.29, 1.82) is 0 Å². The van der Waals surface area contributed by atoms with Gasteiger partial charge in [0.05, 0.1) is 25.5 Å². The van der Waals surface area contributed by atoms with Crippen molar-refractivity contribution in [3.63, 3.8) is 0 Å². The van der Waals surface area contributed by atoms with Gasteiger partial charge in [-0.15, -0.1) is 0 Å². The molecule has 5 heteroatoms. The van der Waals surface area contributed by atoms with Crippen LogP contribution in [0, 0.1) is 0 Å². The fourth-order valence-corrected chi connectivity index (χ4v) is 2.35. The Morgan fingerprint density at radius 2 is 2.05 bits per heavy atom. The van der Waals surface area contributed by atoms with Gasteiger partial charge in [0.2, 0.25) is 0 Å². The van der Waals surface area contributed by atoms with Gasteiger partial charge in [0.15, 0.2) is 0 Å². The Labute approximate surface area is 115 Å². The third-order valence-corrected chi connectivity index (χ3v) is 3.22. The summed E-state index contributed by atoms with van der Waals surface area (Å²) >= 11 is 0. The summed E-state index contributed by atoms with van der Waals surface area (Å²) < 4.78 is 16.0. The second-order valence-electron chi connectivity index (χ2n) is 4.85. The summed E-state index contributed by atoms with van der Waals surface area (Å²) in [5.41, 5.74) is 6.15. The molecule has 0 aliphatic carbocycles. The summed E-state index contributed by atoms with van der Waals surface area (Å²) in [7, 11) is 3.41. The molecule has 0 fully saturated rings. The second kappa shape index (κ2) is 8.32. The maximum Gasteiger partial charge on any atom is 0.122 e. The predicted molar refractivity (Wildman–Crippen MR) is 75.0 cm³/mol. The van der Waals surface area contributed by atoms with E-state index in [1.165, 1.54) is 0 Å². The van der Waals surface area contributed by atoms with Crippen LogP contribution in [0.25, 0.3) is 0 Å². The number of furan rings is 1. The van der Waals surface area contributed by atoms with Crippen LogP contribution < -0.4 is 5.73 Å². The number of nitrogens with two attached hydrogens (primary N) is 1. The molecule has 1 aromatic heterocycles. The summed E-state index contributed by atoms with van der Waals surface area (Å²) in [4.78, 5) is 2.27. The standard InChI is InChI=1S/C14H26N2O3/c1-11(10-18-4)16(7-9-17-3)14(12(2)15)13-6-5-8-19-13/h5-6,8,11-12,14H,7,9-10,15H2,1-4H3. The Kier molecular flexibility index (Phi) is 7.09. The Morgan fingerprint density at radius 1 is 1.32 bits per heavy atom. The minimum Gasteiger partial charge on any atom is -0.468 e. The smallest absolute Gasteiger partial charge is 0.122 e. The first-order chi connectivity index (χ1) is 9.11. The second-order valence-corrected chi connectivity index (χ2v) is 4.85. The minimum absolute atomic E-state index is 0.0234. The molecule has 5 nitrogen and oxygen atoms in total. The first kappa shape index (κ1) is 16.2. The van der Waals surface area contributed by atoms with Crippen molar-refractivity contribution in [2.45, 2.75) is 32.0 Å². The van der Waals surface area contributed by atoms with Crippen molar-refractivity contribution in [2.75, 3.05) is 34.0 Å². The van der Waals surface area contributed by atoms with Crippen LogP contribution in [0.4, 0.5) is 0 Å². The molecule has 1 aromatic rings. The molecule has 19 heavy (non-hydrogen) atoms. The molecule has 0 aliphatic rings. The normalized spacial score (nSPS) is 16.5. The topological polar surface area (TPSA) is 60.9 Å². The maximum absolute atomic E-state index is 6.15. The van der Waals surface area contributed by atoms with Crippen LogP contribution in [-0.2, 0) is 9.47 Å². The fraction of sp³-hybridized carbons (Fsp3) is 0.714. The average Bonchev–Trinajstić information content (AvgIpc) is 2.87. The minimum atomic E-state index is -0.0395. The third kappa shape index (κ3) is 4.62. The molecular formula is C14H26N2O3. The van der Waals surface area contributed by atoms with Crippen LogP contribution in [0.1, 0.15) is 25.6 Å². The Hall–Kier alpha value is -0.880. The van der Waals surface area contributed by atoms with Crippen molar-refractivity contribution in [3.8, 4) is 0 Å². The SMILES string of the molecule is COCCN(C(C)COC)C(c1ccco1)C(C)N. The molecule has 3 atom stereocenters. The molecular weight excluding hydrogens is 244 g/mol. The number of rotatable bonds is 9. The van der Waals surface area contributed by atoms with E-state index in [0.29, 0.717) is 13.2 Å². The van der Waals surface area contributed by atoms with E-state index in [1.54, 1.807) is 20.5 Å². The molecule has 0 saturated heterocycles. The lowest BCUT2D eigenvalue weighted by Gasteiger charge is -2.37. The van der Waals surface area contributed by atoms with Gasteiger partial charge < -0.3 is 19.6 Å². The van der Waals surface area contributed by atoms with Gasteiger partial charge in [-0.1, -0.05) is 0 Å². The van der Waals surface area contributed by atoms with Crippen molar-refractivity contribution >= 4 is 0 Å². The van der Waals surface area contributed by atoms with Gasteiger partial charge in [0, 0.05) is 32.8 Å². The third-order valence-electron chi connectivity index (χ3n) is 3.22. The number of hydrogen-bond acceptors (Lipinski definition) is 5. The first-order valence-electron chi connectivity index (χ1n) is 6.64. The molecule has 2 N–H and O–H groups in total. The van der Waals surface area contributed by atoms with Crippen molar-refractivity contribution in [2.24, 2.45) is 5.73 Å². The molecule has 3 unspecified atom stereocenters. The van der Waals surface area contributed by atoms with E-state index in [9.17, 15) is 0 Å². The van der Waals surface area contributed by atoms with E-state index < -0.39 is 0 Å². The van der Waals surface area contributed by atoms with Crippen LogP contribution in [0.15, 0.2) is 22.8 Å². The Balaban J connectivity index is 2.90. The maximum atomic E-state index is 6.15. The summed E-state index contributed by atoms with van der Waals surface area (Å²) in [6.45, 7) is 6.20. The van der Waals surface area contributed by atoms with E-state index in [4.69, 9.17) is 19.6 Å². The highest BCUT2D eigenvalue weighted by atomic mass is 16.5. The van der Waals surface area contributed by atoms with Crippen molar-refractivity contribution in [3.05, 3.63) is 24.2 Å². The molecule has 0 amide bonds. The molecule has 1 rings (SSSR count). The van der Waals surface area contributed by atoms with Gasteiger partial charge in [-0.05, 0) is 26.0 Å². The first-order valence-corrected chi connectivity index (χ1v) is 6.64. The molecule has 0 saturated carbocycles. The lowest BCUT2D eigenvalue weighted by Crippen LogP contribution is -2.47. The van der Waals surface area contributed by atoms with Gasteiger partial charge >= 0.3 is 0 Å². The highest BCUT2D eigenvalue weighted by Gasteiger charge is 2.29. The van der Waals surface area contributed by atoms with Crippen LogP contribution in [0.3, 0.4) is 0 Å². The number of nitrogens with zero attached hydrogens (tertiary/aromatic N) is 1. The van der Waals surface area contributed by atoms with E-state index in [-0.39, 0.29) is 18.1 Å². The molecule has 0 aromatic carbocycles. The van der Waals surface area contributed by atoms with E-state index in [0.717, 1.165) is 12.3 Å². The van der Waals surface area contributed by atoms with Gasteiger partial charge in [0.1, 0.15) is 5.76 Å². The monoisotopic (exact) mass is 270 g/mol. The quantitative estimate of drug-likeness (QED) is 0.739. The molecule has 0 aliphatic heterocycles. The van der Waals surface area contributed by atoms with Crippen LogP contribution in [-0.4, -0.2) is 51.0 Å². The number of hydrogen-bond donors (Lipinski definition) is 1. The zero-order chi connectivity index (χ0) is 14.3. The highest BCUT2D eigenvalue weighted by molar-refractivity contribution is 5.08. The summed E-state index contributed by atoms with van der Waals surface area (Å²) in [5, 5.41) is 0. The fourth-order valence-electron chi connectivity index (χ4n) is 2.35. The molecule has 1 heterocycles. The van der Waals surface area contributed by atoms with Gasteiger partial charge in [0.25, 0.3) is 0 Å². The highest BCUT2D eigenvalue weighted by Crippen LogP contribution is 2.26. The van der Waals surface area contributed by atoms with Crippen LogP contribution in [0.2, 0.25) is 0 Å². The van der Waals surface area contributed by atoms with Gasteiger partial charge in [-0.3, -0.25) is 4.90 Å². The molecule has 110 valence electrons. The zero-order valence-electron chi connectivity index (χ0n) is 12.3. The zero-order valence-corrected chi connectivity index (χ0v) is 12.3. The van der Waals surface area contributed by atoms with Crippen molar-refractivity contribution in [1.82, 2.24) is 4.90 Å². The summed E-state index contributed by atoms with van der Waals surface area (Å²) in [6.07, 6.45) is 1.68. The lowest BCUT2D eigenvalue weighted by atomic mass is 10.0. The van der Waals surface area contributed by atoms with E-state index >= 15 is 0 Å². The molecule has 0 spiro atoms. The molecule has 0 bridgehead atoms. The van der Waals surface area contributed by atoms with Crippen molar-refractivity contribution < 1.29 is 13.9 Å². The Morgan fingerprint density at radius 3 is 2.53 bits per heavy atom. The average molecular weight is 270 g/mol. The van der Waals surface area contributed by atoms with Gasteiger partial charge in [-0.25, -0.2) is 0 Å². The van der Waals surface area contributed by atoms with E-state index in [1.807, 2.05) is 19.1 Å². The van der Waals surface area contributed by atoms with Crippen LogP contribution in [0.5, 0.6) is 0 Å². The number of ether oxygens (including phenoxy) is 2. The Bertz CT molecular complexity index is 327.